The molecule has 1 unspecified atom stereocenters. The first-order chi connectivity index (χ1) is 19.2. The van der Waals surface area contributed by atoms with Gasteiger partial charge in [-0.3, -0.25) is 4.79 Å². The first-order valence-corrected chi connectivity index (χ1v) is 14.5. The van der Waals surface area contributed by atoms with Crippen LogP contribution in [-0.2, 0) is 4.79 Å². The fourth-order valence-electron chi connectivity index (χ4n) is 4.68. The van der Waals surface area contributed by atoms with Crippen molar-refractivity contribution in [3.63, 3.8) is 0 Å². The molecule has 5 N–H and O–H groups in total. The third-order valence-corrected chi connectivity index (χ3v) is 7.47. The molecule has 2 aromatic carbocycles. The van der Waals surface area contributed by atoms with Crippen molar-refractivity contribution >= 4 is 29.3 Å². The molecular formula is C31H46N6O3. The van der Waals surface area contributed by atoms with Crippen LogP contribution in [0.3, 0.4) is 0 Å². The lowest BCUT2D eigenvalue weighted by molar-refractivity contribution is -0.136. The summed E-state index contributed by atoms with van der Waals surface area (Å²) in [4.78, 5) is 37.8. The lowest BCUT2D eigenvalue weighted by Crippen LogP contribution is -2.48. The van der Waals surface area contributed by atoms with Crippen LogP contribution >= 0.6 is 0 Å². The molecule has 5 amide bonds. The normalized spacial score (nSPS) is 16.6. The standard InChI is InChI=1S/C18H27N3O2.C13H19N3O/c1-4-14(3)17(22)21-11-9-16(10-12-21)20-18(23)19-15-7-5-13(2)6-8-15;1-10-2-4-11(5-3-10)15-13(17)16-12-6-8-14-9-7-12/h5-8,14,16H,4,9-12H2,1-3H3,(H2,19,20,23);2-5,12,14H,6-9H2,1H3,(H2,15,16,17). The van der Waals surface area contributed by atoms with E-state index in [2.05, 4.69) is 26.6 Å². The molecule has 4 rings (SSSR count). The average molecular weight is 551 g/mol. The maximum absolute atomic E-state index is 12.2. The van der Waals surface area contributed by atoms with Gasteiger partial charge in [0, 0.05) is 42.5 Å². The van der Waals surface area contributed by atoms with E-state index in [4.69, 9.17) is 0 Å². The Hall–Kier alpha value is -3.59. The topological polar surface area (TPSA) is 115 Å². The van der Waals surface area contributed by atoms with Gasteiger partial charge in [-0.05, 0) is 83.3 Å². The molecule has 2 saturated heterocycles. The molecule has 1 atom stereocenters. The third-order valence-electron chi connectivity index (χ3n) is 7.47. The molecule has 40 heavy (non-hydrogen) atoms. The van der Waals surface area contributed by atoms with Crippen molar-refractivity contribution in [3.8, 4) is 0 Å². The summed E-state index contributed by atoms with van der Waals surface area (Å²) in [6.07, 6.45) is 4.49. The predicted molar refractivity (Wildman–Crippen MR) is 162 cm³/mol. The van der Waals surface area contributed by atoms with E-state index in [9.17, 15) is 14.4 Å². The lowest BCUT2D eigenvalue weighted by Gasteiger charge is -2.33. The first-order valence-electron chi connectivity index (χ1n) is 14.5. The van der Waals surface area contributed by atoms with Crippen LogP contribution in [-0.4, -0.2) is 61.1 Å². The van der Waals surface area contributed by atoms with Crippen molar-refractivity contribution in [1.29, 1.82) is 0 Å². The number of anilines is 2. The third kappa shape index (κ3) is 10.5. The van der Waals surface area contributed by atoms with Gasteiger partial charge in [0.1, 0.15) is 0 Å². The van der Waals surface area contributed by atoms with Gasteiger partial charge in [0.05, 0.1) is 0 Å². The van der Waals surface area contributed by atoms with Crippen LogP contribution < -0.4 is 26.6 Å². The highest BCUT2D eigenvalue weighted by molar-refractivity contribution is 5.90. The molecule has 2 aliphatic heterocycles. The number of piperidine rings is 2. The summed E-state index contributed by atoms with van der Waals surface area (Å²) in [5.41, 5.74) is 3.98. The molecule has 0 aliphatic carbocycles. The highest BCUT2D eigenvalue weighted by atomic mass is 16.2. The molecule has 218 valence electrons. The van der Waals surface area contributed by atoms with Crippen molar-refractivity contribution in [3.05, 3.63) is 59.7 Å². The summed E-state index contributed by atoms with van der Waals surface area (Å²) in [7, 11) is 0. The number of nitrogens with zero attached hydrogens (tertiary/aromatic N) is 1. The number of carbonyl (C=O) groups is 3. The number of hydrogen-bond donors (Lipinski definition) is 5. The number of aryl methyl sites for hydroxylation is 2. The van der Waals surface area contributed by atoms with Crippen LogP contribution in [0.2, 0.25) is 0 Å². The van der Waals surface area contributed by atoms with Crippen LogP contribution in [0, 0.1) is 19.8 Å². The second kappa shape index (κ2) is 15.9. The smallest absolute Gasteiger partial charge is 0.319 e. The minimum absolute atomic E-state index is 0.0874. The van der Waals surface area contributed by atoms with Gasteiger partial charge in [-0.2, -0.15) is 0 Å². The summed E-state index contributed by atoms with van der Waals surface area (Å²) < 4.78 is 0. The van der Waals surface area contributed by atoms with E-state index in [0.717, 1.165) is 75.2 Å². The van der Waals surface area contributed by atoms with Gasteiger partial charge in [0.25, 0.3) is 0 Å². The minimum Gasteiger partial charge on any atom is -0.342 e. The first kappa shape index (κ1) is 30.9. The molecule has 2 heterocycles. The second-order valence-corrected chi connectivity index (χ2v) is 10.9. The van der Waals surface area contributed by atoms with Crippen molar-refractivity contribution in [2.75, 3.05) is 36.8 Å². The molecule has 9 heteroatoms. The van der Waals surface area contributed by atoms with Crippen LogP contribution in [0.4, 0.5) is 21.0 Å². The Bertz CT molecular complexity index is 1080. The minimum atomic E-state index is -0.180. The molecule has 0 aromatic heterocycles. The number of carbonyl (C=O) groups excluding carboxylic acids is 3. The molecule has 2 fully saturated rings. The number of likely N-dealkylation sites (tertiary alicyclic amines) is 1. The van der Waals surface area contributed by atoms with Crippen molar-refractivity contribution < 1.29 is 14.4 Å². The Morgan fingerprint density at radius 1 is 0.775 bits per heavy atom. The van der Waals surface area contributed by atoms with E-state index >= 15 is 0 Å². The van der Waals surface area contributed by atoms with Gasteiger partial charge in [-0.15, -0.1) is 0 Å². The van der Waals surface area contributed by atoms with Crippen LogP contribution in [0.5, 0.6) is 0 Å². The van der Waals surface area contributed by atoms with Gasteiger partial charge in [0.15, 0.2) is 0 Å². The van der Waals surface area contributed by atoms with Gasteiger partial charge < -0.3 is 31.5 Å². The monoisotopic (exact) mass is 550 g/mol. The predicted octanol–water partition coefficient (Wildman–Crippen LogP) is 5.02. The summed E-state index contributed by atoms with van der Waals surface area (Å²) in [5, 5.41) is 15.0. The Morgan fingerprint density at radius 2 is 1.20 bits per heavy atom. The number of nitrogens with one attached hydrogen (secondary N) is 5. The molecule has 2 aromatic rings. The van der Waals surface area contributed by atoms with Crippen LogP contribution in [0.15, 0.2) is 48.5 Å². The van der Waals surface area contributed by atoms with E-state index < -0.39 is 0 Å². The maximum Gasteiger partial charge on any atom is 0.319 e. The zero-order chi connectivity index (χ0) is 28.9. The quantitative estimate of drug-likeness (QED) is 0.347. The molecule has 2 aliphatic rings. The van der Waals surface area contributed by atoms with E-state index in [1.807, 2.05) is 81.1 Å². The maximum atomic E-state index is 12.2. The van der Waals surface area contributed by atoms with E-state index in [1.54, 1.807) is 0 Å². The molecule has 9 nitrogen and oxygen atoms in total. The van der Waals surface area contributed by atoms with Crippen molar-refractivity contribution in [1.82, 2.24) is 20.9 Å². The van der Waals surface area contributed by atoms with Crippen LogP contribution in [0.25, 0.3) is 0 Å². The second-order valence-electron chi connectivity index (χ2n) is 10.9. The fourth-order valence-corrected chi connectivity index (χ4v) is 4.68. The average Bonchev–Trinajstić information content (AvgIpc) is 2.96. The van der Waals surface area contributed by atoms with Gasteiger partial charge in [-0.25, -0.2) is 9.59 Å². The van der Waals surface area contributed by atoms with Gasteiger partial charge >= 0.3 is 12.1 Å². The Labute approximate surface area is 238 Å². The van der Waals surface area contributed by atoms with Crippen molar-refractivity contribution in [2.24, 2.45) is 5.92 Å². The zero-order valence-corrected chi connectivity index (χ0v) is 24.4. The van der Waals surface area contributed by atoms with Crippen molar-refractivity contribution in [2.45, 2.75) is 71.9 Å². The fraction of sp³-hybridized carbons (Fsp3) is 0.516. The molecular weight excluding hydrogens is 504 g/mol. The van der Waals surface area contributed by atoms with Gasteiger partial charge in [0.2, 0.25) is 5.91 Å². The Morgan fingerprint density at radius 3 is 1.62 bits per heavy atom. The SMILES string of the molecule is CCC(C)C(=O)N1CCC(NC(=O)Nc2ccc(C)cc2)CC1.Cc1ccc(NC(=O)NC2CCNCC2)cc1. The highest BCUT2D eigenvalue weighted by Gasteiger charge is 2.26. The summed E-state index contributed by atoms with van der Waals surface area (Å²) in [6, 6.07) is 15.6. The highest BCUT2D eigenvalue weighted by Crippen LogP contribution is 2.16. The van der Waals surface area contributed by atoms with E-state index in [0.29, 0.717) is 6.04 Å². The number of amides is 5. The van der Waals surface area contributed by atoms with E-state index in [1.165, 1.54) is 5.56 Å². The molecule has 0 spiro atoms. The molecule has 0 bridgehead atoms. The van der Waals surface area contributed by atoms with Gasteiger partial charge in [-0.1, -0.05) is 49.2 Å². The summed E-state index contributed by atoms with van der Waals surface area (Å²) in [6.45, 7) is 11.5. The Kier molecular flexibility index (Phi) is 12.3. The summed E-state index contributed by atoms with van der Waals surface area (Å²) >= 11 is 0. The number of hydrogen-bond acceptors (Lipinski definition) is 4. The number of urea groups is 2. The Balaban J connectivity index is 0.000000230. The van der Waals surface area contributed by atoms with Crippen LogP contribution in [0.1, 0.15) is 57.1 Å². The number of rotatable bonds is 6. The zero-order valence-electron chi connectivity index (χ0n) is 24.4. The largest absolute Gasteiger partial charge is 0.342 e. The molecule has 0 radical (unpaired) electrons. The summed E-state index contributed by atoms with van der Waals surface area (Å²) in [5.74, 6) is 0.319. The lowest BCUT2D eigenvalue weighted by atomic mass is 10.0. The van der Waals surface area contributed by atoms with E-state index in [-0.39, 0.29) is 29.9 Å². The molecule has 0 saturated carbocycles. The number of benzene rings is 2.